The molecule has 1 unspecified atom stereocenters. The number of allylic oxidation sites excluding steroid dienone is 2. The summed E-state index contributed by atoms with van der Waals surface area (Å²) in [5, 5.41) is 21.6. The van der Waals surface area contributed by atoms with E-state index in [-0.39, 0.29) is 48.3 Å². The van der Waals surface area contributed by atoms with Crippen LogP contribution in [0.25, 0.3) is 0 Å². The maximum Gasteiger partial charge on any atom is 0.303 e. The van der Waals surface area contributed by atoms with E-state index in [4.69, 9.17) is 23.7 Å². The van der Waals surface area contributed by atoms with Gasteiger partial charge in [-0.15, -0.1) is 0 Å². The molecule has 3 fully saturated rings. The summed E-state index contributed by atoms with van der Waals surface area (Å²) in [4.78, 5) is 47.8. The Morgan fingerprint density at radius 1 is 1.05 bits per heavy atom. The smallest absolute Gasteiger partial charge is 0.303 e. The van der Waals surface area contributed by atoms with Crippen molar-refractivity contribution in [1.29, 1.82) is 0 Å². The van der Waals surface area contributed by atoms with Crippen LogP contribution in [-0.2, 0) is 38.1 Å². The lowest BCUT2D eigenvalue weighted by Gasteiger charge is -2.39. The maximum absolute atomic E-state index is 13.0. The number of esters is 1. The monoisotopic (exact) mass is 872 g/mol. The van der Waals surface area contributed by atoms with Crippen molar-refractivity contribution >= 4 is 45.3 Å². The number of ether oxygens (including phenoxy) is 5. The average molecular weight is 874 g/mol. The minimum absolute atomic E-state index is 0.0107. The highest BCUT2D eigenvalue weighted by Gasteiger charge is 2.58. The minimum atomic E-state index is -0.865. The zero-order valence-corrected chi connectivity index (χ0v) is 36.1. The minimum Gasteiger partial charge on any atom is -0.494 e. The van der Waals surface area contributed by atoms with Gasteiger partial charge in [-0.2, -0.15) is 5.10 Å². The molecular weight excluding hydrogens is 812 g/mol. The van der Waals surface area contributed by atoms with Crippen molar-refractivity contribution in [2.45, 2.75) is 135 Å². The van der Waals surface area contributed by atoms with Crippen molar-refractivity contribution in [3.63, 3.8) is 0 Å². The predicted octanol–water partition coefficient (Wildman–Crippen LogP) is 4.96. The molecule has 3 amide bonds. The molecular formula is C43H61BrN4O10. The van der Waals surface area contributed by atoms with E-state index in [2.05, 4.69) is 50.1 Å². The summed E-state index contributed by atoms with van der Waals surface area (Å²) in [5.74, 6) is -0.0456. The van der Waals surface area contributed by atoms with E-state index in [0.29, 0.717) is 43.6 Å². The fourth-order valence-electron chi connectivity index (χ4n) is 7.01. The van der Waals surface area contributed by atoms with Gasteiger partial charge < -0.3 is 39.4 Å². The fourth-order valence-corrected chi connectivity index (χ4v) is 7.21. The van der Waals surface area contributed by atoms with E-state index in [1.54, 1.807) is 13.0 Å². The highest BCUT2D eigenvalue weighted by Crippen LogP contribution is 2.43. The molecule has 4 N–H and O–H groups in total. The first-order valence-electron chi connectivity index (χ1n) is 20.2. The third-order valence-electron chi connectivity index (χ3n) is 10.5. The van der Waals surface area contributed by atoms with Crippen molar-refractivity contribution in [2.24, 2.45) is 11.0 Å². The van der Waals surface area contributed by atoms with Crippen molar-refractivity contribution in [2.75, 3.05) is 25.1 Å². The quantitative estimate of drug-likeness (QED) is 0.0204. The summed E-state index contributed by atoms with van der Waals surface area (Å²) in [5.41, 5.74) is 4.37. The highest BCUT2D eigenvalue weighted by atomic mass is 79.9. The van der Waals surface area contributed by atoms with Crippen molar-refractivity contribution in [3.05, 3.63) is 65.8 Å². The van der Waals surface area contributed by atoms with Gasteiger partial charge in [-0.25, -0.2) is 5.43 Å². The lowest BCUT2D eigenvalue weighted by Crippen LogP contribution is -2.50. The second kappa shape index (κ2) is 23.0. The van der Waals surface area contributed by atoms with Crippen LogP contribution >= 0.6 is 15.9 Å². The molecule has 3 saturated heterocycles. The van der Waals surface area contributed by atoms with Crippen molar-refractivity contribution < 1.29 is 48.0 Å². The molecule has 15 heteroatoms. The number of aliphatic hydroxyl groups is 1. The third kappa shape index (κ3) is 15.4. The van der Waals surface area contributed by atoms with Crippen LogP contribution in [0, 0.1) is 5.92 Å². The predicted molar refractivity (Wildman–Crippen MR) is 223 cm³/mol. The van der Waals surface area contributed by atoms with E-state index in [0.717, 1.165) is 42.6 Å². The second-order valence-corrected chi connectivity index (χ2v) is 16.1. The lowest BCUT2D eigenvalue weighted by molar-refractivity contribution is -0.145. The van der Waals surface area contributed by atoms with Crippen LogP contribution in [0.3, 0.4) is 0 Å². The van der Waals surface area contributed by atoms with E-state index < -0.39 is 36.0 Å². The van der Waals surface area contributed by atoms with Crippen molar-refractivity contribution in [3.8, 4) is 5.75 Å². The van der Waals surface area contributed by atoms with Gasteiger partial charge in [0.1, 0.15) is 29.7 Å². The molecule has 3 aliphatic heterocycles. The summed E-state index contributed by atoms with van der Waals surface area (Å²) in [6, 6.07) is 7.37. The summed E-state index contributed by atoms with van der Waals surface area (Å²) in [6.45, 7) is 12.5. The largest absolute Gasteiger partial charge is 0.494 e. The van der Waals surface area contributed by atoms with Crippen LogP contribution in [0.4, 0.5) is 0 Å². The van der Waals surface area contributed by atoms with Gasteiger partial charge in [0, 0.05) is 26.0 Å². The van der Waals surface area contributed by atoms with Gasteiger partial charge in [0.05, 0.1) is 55.0 Å². The number of benzene rings is 1. The fraction of sp³-hybridized carbons (Fsp3) is 0.605. The number of unbranched alkanes of at least 4 members (excludes halogenated alkanes) is 2. The number of aliphatic hydroxyl groups excluding tert-OH is 1. The first kappa shape index (κ1) is 46.8. The van der Waals surface area contributed by atoms with Crippen LogP contribution in [0.2, 0.25) is 0 Å². The Bertz CT molecular complexity index is 1660. The van der Waals surface area contributed by atoms with Crippen LogP contribution < -0.4 is 20.8 Å². The molecule has 320 valence electrons. The SMILES string of the molecule is CC(=O)OC(C)C=CC(=O)N[C@@H]1C[C@H](C)[C@H](C/C=C(C)/C=C/[C@H]2O[C@H](CC(=O)N/N=C(\C)c3ccc(OCCCCCNC(=O)CBr)cc3)C[C@@]3(CO3)[C@@H]2O)O[C@@H]1C. The number of alkyl halides is 1. The van der Waals surface area contributed by atoms with Gasteiger partial charge in [-0.1, -0.05) is 46.7 Å². The highest BCUT2D eigenvalue weighted by molar-refractivity contribution is 9.09. The summed E-state index contributed by atoms with van der Waals surface area (Å²) in [6.07, 6.45) is 10.7. The summed E-state index contributed by atoms with van der Waals surface area (Å²) >= 11 is 3.13. The van der Waals surface area contributed by atoms with Crippen LogP contribution in [0.15, 0.2) is 65.3 Å². The Labute approximate surface area is 350 Å². The van der Waals surface area contributed by atoms with E-state index >= 15 is 0 Å². The van der Waals surface area contributed by atoms with E-state index in [1.165, 1.54) is 13.0 Å². The van der Waals surface area contributed by atoms with E-state index in [1.807, 2.05) is 57.2 Å². The first-order valence-corrected chi connectivity index (χ1v) is 21.3. The Morgan fingerprint density at radius 2 is 1.79 bits per heavy atom. The van der Waals surface area contributed by atoms with Crippen LogP contribution in [0.5, 0.6) is 5.75 Å². The zero-order chi connectivity index (χ0) is 42.2. The number of halogens is 1. The van der Waals surface area contributed by atoms with Gasteiger partial charge in [-0.05, 0) is 102 Å². The standard InChI is InChI=1S/C43H61BrN4O10/c1-27(10-17-37-28(2)22-36(31(5)57-37)46-39(50)19-12-29(3)56-32(6)49)11-18-38-42(53)43(26-55-43)24-35(58-38)23-40(51)48-47-30(4)33-13-15-34(16-14-33)54-21-9-7-8-20-45-41(52)25-44/h10-16,18-19,28-29,31,35-38,42,53H,7-9,17,20-26H2,1-6H3,(H,45,52)(H,46,50)(H,48,51)/b18-11+,19-12?,27-10+,47-30+/t28-,29?,31+,35+,36+,37-,38+,42+,43+/m0/s1. The van der Waals surface area contributed by atoms with Gasteiger partial charge in [0.15, 0.2) is 0 Å². The molecule has 1 aromatic rings. The molecule has 0 aromatic heterocycles. The van der Waals surface area contributed by atoms with Crippen LogP contribution in [-0.4, -0.2) is 108 Å². The maximum atomic E-state index is 13.0. The number of carbonyl (C=O) groups excluding carboxylic acids is 4. The van der Waals surface area contributed by atoms with Gasteiger partial charge in [0.2, 0.25) is 17.7 Å². The van der Waals surface area contributed by atoms with E-state index in [9.17, 15) is 24.3 Å². The number of hydrogen-bond acceptors (Lipinski definition) is 11. The molecule has 0 saturated carbocycles. The number of nitrogens with zero attached hydrogens (tertiary/aromatic N) is 1. The first-order chi connectivity index (χ1) is 27.7. The van der Waals surface area contributed by atoms with Gasteiger partial charge in [0.25, 0.3) is 0 Å². The Kier molecular flexibility index (Phi) is 18.6. The molecule has 9 atom stereocenters. The molecule has 1 spiro atoms. The van der Waals surface area contributed by atoms with Gasteiger partial charge >= 0.3 is 5.97 Å². The zero-order valence-electron chi connectivity index (χ0n) is 34.5. The average Bonchev–Trinajstić information content (AvgIpc) is 3.96. The second-order valence-electron chi connectivity index (χ2n) is 15.5. The number of epoxide rings is 1. The molecule has 0 aliphatic carbocycles. The van der Waals surface area contributed by atoms with Gasteiger partial charge in [-0.3, -0.25) is 19.2 Å². The molecule has 3 heterocycles. The number of rotatable bonds is 20. The number of nitrogens with one attached hydrogen (secondary N) is 3. The Morgan fingerprint density at radius 3 is 2.48 bits per heavy atom. The van der Waals surface area contributed by atoms with Crippen LogP contribution in [0.1, 0.15) is 92.1 Å². The summed E-state index contributed by atoms with van der Waals surface area (Å²) in [7, 11) is 0. The third-order valence-corrected chi connectivity index (χ3v) is 11.0. The Hall–Kier alpha value is -3.89. The molecule has 14 nitrogen and oxygen atoms in total. The number of amides is 3. The molecule has 1 aromatic carbocycles. The van der Waals surface area contributed by atoms with Crippen molar-refractivity contribution in [1.82, 2.24) is 16.1 Å². The molecule has 0 bridgehead atoms. The number of carbonyl (C=O) groups is 4. The number of hydrogen-bond donors (Lipinski definition) is 4. The molecule has 4 rings (SSSR count). The molecule has 0 radical (unpaired) electrons. The Balaban J connectivity index is 1.20. The normalized spacial score (nSPS) is 28.0. The number of hydrazone groups is 1. The molecule has 58 heavy (non-hydrogen) atoms. The molecule has 3 aliphatic rings. The topological polar surface area (TPSA) is 186 Å². The summed E-state index contributed by atoms with van der Waals surface area (Å²) < 4.78 is 29.1. The lowest BCUT2D eigenvalue weighted by atomic mass is 9.87.